The summed E-state index contributed by atoms with van der Waals surface area (Å²) in [4.78, 5) is 16.0. The molecule has 1 aromatic carbocycles. The zero-order valence-electron chi connectivity index (χ0n) is 12.0. The maximum absolute atomic E-state index is 11.8. The van der Waals surface area contributed by atoms with Crippen molar-refractivity contribution in [2.45, 2.75) is 26.2 Å². The van der Waals surface area contributed by atoms with E-state index in [2.05, 4.69) is 10.3 Å². The molecule has 4 heteroatoms. The summed E-state index contributed by atoms with van der Waals surface area (Å²) >= 11 is 0. The number of aryl methyl sites for hydroxylation is 1. The third kappa shape index (κ3) is 3.40. The number of amides is 1. The van der Waals surface area contributed by atoms with Gasteiger partial charge in [0.15, 0.2) is 0 Å². The lowest BCUT2D eigenvalue weighted by molar-refractivity contribution is -0.122. The second-order valence-corrected chi connectivity index (χ2v) is 5.42. The van der Waals surface area contributed by atoms with Gasteiger partial charge in [0.05, 0.1) is 11.9 Å². The van der Waals surface area contributed by atoms with Gasteiger partial charge in [-0.05, 0) is 38.0 Å². The Morgan fingerprint density at radius 3 is 2.52 bits per heavy atom. The Bertz CT molecular complexity index is 616. The van der Waals surface area contributed by atoms with E-state index < -0.39 is 0 Å². The number of nitrogens with one attached hydrogen (secondary N) is 1. The number of aromatic nitrogens is 1. The van der Waals surface area contributed by atoms with Crippen molar-refractivity contribution in [2.75, 3.05) is 5.32 Å². The Morgan fingerprint density at radius 1 is 1.19 bits per heavy atom. The molecule has 1 heterocycles. The Morgan fingerprint density at radius 2 is 1.95 bits per heavy atom. The van der Waals surface area contributed by atoms with Gasteiger partial charge < -0.3 is 10.1 Å². The van der Waals surface area contributed by atoms with Crippen molar-refractivity contribution in [3.63, 3.8) is 0 Å². The zero-order chi connectivity index (χ0) is 14.7. The lowest BCUT2D eigenvalue weighted by Crippen LogP contribution is -2.28. The second-order valence-electron chi connectivity index (χ2n) is 5.42. The van der Waals surface area contributed by atoms with E-state index in [0.29, 0.717) is 11.6 Å². The zero-order valence-corrected chi connectivity index (χ0v) is 12.0. The van der Waals surface area contributed by atoms with Crippen LogP contribution in [0.2, 0.25) is 0 Å². The Labute approximate surface area is 124 Å². The van der Waals surface area contributed by atoms with Crippen LogP contribution in [0.5, 0.6) is 11.6 Å². The third-order valence-corrected chi connectivity index (χ3v) is 3.72. The largest absolute Gasteiger partial charge is 0.439 e. The third-order valence-electron chi connectivity index (χ3n) is 3.72. The lowest BCUT2D eigenvalue weighted by Gasteiger charge is -2.23. The van der Waals surface area contributed by atoms with Crippen LogP contribution in [-0.4, -0.2) is 10.9 Å². The molecule has 21 heavy (non-hydrogen) atoms. The fraction of sp³-hybridized carbons (Fsp3) is 0.294. The van der Waals surface area contributed by atoms with Gasteiger partial charge >= 0.3 is 0 Å². The molecule has 1 aromatic heterocycles. The van der Waals surface area contributed by atoms with Gasteiger partial charge in [0.2, 0.25) is 11.8 Å². The summed E-state index contributed by atoms with van der Waals surface area (Å²) in [5.74, 6) is 1.53. The molecule has 1 aliphatic carbocycles. The van der Waals surface area contributed by atoms with Gasteiger partial charge in [-0.1, -0.05) is 24.1 Å². The van der Waals surface area contributed by atoms with Crippen molar-refractivity contribution in [1.29, 1.82) is 0 Å². The van der Waals surface area contributed by atoms with Crippen LogP contribution in [0, 0.1) is 12.8 Å². The average Bonchev–Trinajstić information content (AvgIpc) is 2.41. The van der Waals surface area contributed by atoms with Crippen LogP contribution in [0.15, 0.2) is 42.6 Å². The van der Waals surface area contributed by atoms with Crippen LogP contribution in [0.3, 0.4) is 0 Å². The summed E-state index contributed by atoms with van der Waals surface area (Å²) in [5, 5.41) is 2.89. The van der Waals surface area contributed by atoms with Crippen molar-refractivity contribution in [3.05, 3.63) is 48.2 Å². The average molecular weight is 282 g/mol. The maximum atomic E-state index is 11.8. The number of anilines is 1. The summed E-state index contributed by atoms with van der Waals surface area (Å²) in [7, 11) is 0. The smallest absolute Gasteiger partial charge is 0.227 e. The predicted molar refractivity (Wildman–Crippen MR) is 81.5 cm³/mol. The van der Waals surface area contributed by atoms with Crippen LogP contribution in [0.25, 0.3) is 0 Å². The first-order valence-electron chi connectivity index (χ1n) is 7.22. The number of hydrogen-bond acceptors (Lipinski definition) is 3. The molecule has 0 aliphatic heterocycles. The van der Waals surface area contributed by atoms with Crippen molar-refractivity contribution < 1.29 is 9.53 Å². The quantitative estimate of drug-likeness (QED) is 0.924. The number of nitrogens with zero attached hydrogens (tertiary/aromatic N) is 1. The van der Waals surface area contributed by atoms with E-state index >= 15 is 0 Å². The summed E-state index contributed by atoms with van der Waals surface area (Å²) < 4.78 is 5.65. The Kier molecular flexibility index (Phi) is 3.86. The number of ether oxygens (including phenoxy) is 1. The molecule has 0 spiro atoms. The number of hydrogen-bond donors (Lipinski definition) is 1. The van der Waals surface area contributed by atoms with E-state index in [9.17, 15) is 4.79 Å². The van der Waals surface area contributed by atoms with Gasteiger partial charge in [0.25, 0.3) is 0 Å². The summed E-state index contributed by atoms with van der Waals surface area (Å²) in [6.45, 7) is 2.03. The lowest BCUT2D eigenvalue weighted by atomic mass is 9.85. The molecular weight excluding hydrogens is 264 g/mol. The van der Waals surface area contributed by atoms with E-state index in [0.717, 1.165) is 25.0 Å². The molecule has 4 nitrogen and oxygen atoms in total. The molecule has 2 aromatic rings. The fourth-order valence-corrected chi connectivity index (χ4v) is 2.16. The van der Waals surface area contributed by atoms with E-state index in [1.807, 2.05) is 37.3 Å². The first-order chi connectivity index (χ1) is 10.2. The van der Waals surface area contributed by atoms with Crippen LogP contribution >= 0.6 is 0 Å². The predicted octanol–water partition coefficient (Wildman–Crippen LogP) is 3.92. The van der Waals surface area contributed by atoms with Crippen LogP contribution in [-0.2, 0) is 4.79 Å². The van der Waals surface area contributed by atoms with Gasteiger partial charge in [0, 0.05) is 12.0 Å². The van der Waals surface area contributed by atoms with E-state index in [4.69, 9.17) is 4.74 Å². The minimum Gasteiger partial charge on any atom is -0.439 e. The summed E-state index contributed by atoms with van der Waals surface area (Å²) in [6.07, 6.45) is 4.77. The molecule has 1 fully saturated rings. The minimum absolute atomic E-state index is 0.0928. The molecule has 108 valence electrons. The molecule has 1 amide bonds. The first kappa shape index (κ1) is 13.6. The maximum Gasteiger partial charge on any atom is 0.227 e. The van der Waals surface area contributed by atoms with Crippen molar-refractivity contribution in [2.24, 2.45) is 5.92 Å². The normalized spacial score (nSPS) is 14.3. The number of benzene rings is 1. The number of rotatable bonds is 4. The molecule has 0 radical (unpaired) electrons. The van der Waals surface area contributed by atoms with E-state index in [1.54, 1.807) is 12.3 Å². The first-order valence-corrected chi connectivity index (χ1v) is 7.22. The highest BCUT2D eigenvalue weighted by Gasteiger charge is 2.25. The molecular formula is C17H18N2O2. The molecule has 1 N–H and O–H groups in total. The number of carbonyl (C=O) groups excluding carboxylic acids is 1. The topological polar surface area (TPSA) is 51.2 Å². The Hall–Kier alpha value is -2.36. The number of carbonyl (C=O) groups is 1. The number of pyridine rings is 1. The van der Waals surface area contributed by atoms with Crippen LogP contribution in [0.1, 0.15) is 24.8 Å². The standard InChI is InChI=1S/C17H18N2O2/c1-12-5-8-15(9-6-12)21-16-10-7-14(11-18-16)19-17(20)13-3-2-4-13/h5-11,13H,2-4H2,1H3,(H,19,20). The van der Waals surface area contributed by atoms with Crippen LogP contribution < -0.4 is 10.1 Å². The van der Waals surface area contributed by atoms with E-state index in [-0.39, 0.29) is 11.8 Å². The highest BCUT2D eigenvalue weighted by molar-refractivity contribution is 5.92. The Balaban J connectivity index is 1.60. The molecule has 3 rings (SSSR count). The van der Waals surface area contributed by atoms with Crippen LogP contribution in [0.4, 0.5) is 5.69 Å². The molecule has 1 saturated carbocycles. The van der Waals surface area contributed by atoms with Gasteiger partial charge in [-0.2, -0.15) is 0 Å². The van der Waals surface area contributed by atoms with Gasteiger partial charge in [-0.25, -0.2) is 4.98 Å². The van der Waals surface area contributed by atoms with E-state index in [1.165, 1.54) is 5.56 Å². The SMILES string of the molecule is Cc1ccc(Oc2ccc(NC(=O)C3CCC3)cn2)cc1. The summed E-state index contributed by atoms with van der Waals surface area (Å²) in [5.41, 5.74) is 1.90. The minimum atomic E-state index is 0.0928. The summed E-state index contributed by atoms with van der Waals surface area (Å²) in [6, 6.07) is 11.4. The van der Waals surface area contributed by atoms with Gasteiger partial charge in [0.1, 0.15) is 5.75 Å². The molecule has 0 bridgehead atoms. The van der Waals surface area contributed by atoms with Gasteiger partial charge in [-0.3, -0.25) is 4.79 Å². The fourth-order valence-electron chi connectivity index (χ4n) is 2.16. The van der Waals surface area contributed by atoms with Gasteiger partial charge in [-0.15, -0.1) is 0 Å². The molecule has 0 unspecified atom stereocenters. The molecule has 1 aliphatic rings. The highest BCUT2D eigenvalue weighted by Crippen LogP contribution is 2.28. The highest BCUT2D eigenvalue weighted by atomic mass is 16.5. The second kappa shape index (κ2) is 5.95. The van der Waals surface area contributed by atoms with Crippen molar-refractivity contribution in [3.8, 4) is 11.6 Å². The van der Waals surface area contributed by atoms with Crippen molar-refractivity contribution >= 4 is 11.6 Å². The monoisotopic (exact) mass is 282 g/mol. The van der Waals surface area contributed by atoms with Crippen molar-refractivity contribution in [1.82, 2.24) is 4.98 Å². The molecule has 0 saturated heterocycles. The molecule has 0 atom stereocenters.